The lowest BCUT2D eigenvalue weighted by Gasteiger charge is -2.13. The maximum Gasteiger partial charge on any atom is 0.123 e. The van der Waals surface area contributed by atoms with Gasteiger partial charge in [0.15, 0.2) is 0 Å². The number of rotatable bonds is 4. The summed E-state index contributed by atoms with van der Waals surface area (Å²) in [7, 11) is 0. The Bertz CT molecular complexity index is 1840. The SMILES string of the molecule is Cc1ccc(-c2cc3cc4c(cc(-c5ccc(C)cc5)n4-c4ccc(F)cc4)cc3n2-c2ccc(F)cc2)cc1. The standard InChI is InChI=1S/C36H26F2N2/c1-23-3-7-25(8-4-23)33-19-27-21-36-28(22-35(27)39(33)31-15-11-29(37)12-16-31)20-34(26-9-5-24(2)6-10-26)40(36)32-17-13-30(38)14-18-32/h3-22H,1-2H3. The molecule has 4 heteroatoms. The number of aryl methyl sites for hydroxylation is 2. The summed E-state index contributed by atoms with van der Waals surface area (Å²) in [5.41, 5.74) is 10.4. The zero-order valence-corrected chi connectivity index (χ0v) is 22.2. The van der Waals surface area contributed by atoms with Crippen LogP contribution < -0.4 is 0 Å². The molecule has 0 radical (unpaired) electrons. The molecule has 194 valence electrons. The number of aromatic nitrogens is 2. The van der Waals surface area contributed by atoms with Crippen molar-refractivity contribution < 1.29 is 8.78 Å². The largest absolute Gasteiger partial charge is 0.309 e. The molecule has 5 aromatic carbocycles. The highest BCUT2D eigenvalue weighted by Gasteiger charge is 2.18. The fourth-order valence-electron chi connectivity index (χ4n) is 5.52. The average Bonchev–Trinajstić information content (AvgIpc) is 3.51. The Morgan fingerprint density at radius 1 is 0.425 bits per heavy atom. The monoisotopic (exact) mass is 524 g/mol. The Balaban J connectivity index is 1.54. The summed E-state index contributed by atoms with van der Waals surface area (Å²) >= 11 is 0. The van der Waals surface area contributed by atoms with Crippen molar-refractivity contribution in [3.8, 4) is 33.9 Å². The first-order chi connectivity index (χ1) is 19.4. The van der Waals surface area contributed by atoms with E-state index >= 15 is 0 Å². The first-order valence-electron chi connectivity index (χ1n) is 13.3. The third kappa shape index (κ3) is 4.09. The molecule has 0 aliphatic rings. The first kappa shape index (κ1) is 24.1. The Morgan fingerprint density at radius 3 is 1.12 bits per heavy atom. The molecule has 0 bridgehead atoms. The molecule has 7 rings (SSSR count). The lowest BCUT2D eigenvalue weighted by molar-refractivity contribution is 0.627. The van der Waals surface area contributed by atoms with E-state index in [1.165, 1.54) is 35.4 Å². The van der Waals surface area contributed by atoms with Gasteiger partial charge in [0.25, 0.3) is 0 Å². The minimum Gasteiger partial charge on any atom is -0.309 e. The van der Waals surface area contributed by atoms with Gasteiger partial charge in [-0.05, 0) is 97.8 Å². The van der Waals surface area contributed by atoms with Crippen molar-refractivity contribution in [3.63, 3.8) is 0 Å². The van der Waals surface area contributed by atoms with E-state index in [0.29, 0.717) is 0 Å². The fourth-order valence-corrected chi connectivity index (χ4v) is 5.52. The van der Waals surface area contributed by atoms with Gasteiger partial charge in [0, 0.05) is 22.1 Å². The van der Waals surface area contributed by atoms with Crippen LogP contribution in [0.4, 0.5) is 8.78 Å². The van der Waals surface area contributed by atoms with Crippen molar-refractivity contribution in [2.24, 2.45) is 0 Å². The molecule has 2 nitrogen and oxygen atoms in total. The number of hydrogen-bond donors (Lipinski definition) is 0. The predicted octanol–water partition coefficient (Wildman–Crippen LogP) is 9.80. The van der Waals surface area contributed by atoms with Crippen LogP contribution in [0.15, 0.2) is 121 Å². The second kappa shape index (κ2) is 9.35. The molecule has 0 saturated heterocycles. The number of hydrogen-bond acceptors (Lipinski definition) is 0. The van der Waals surface area contributed by atoms with Crippen molar-refractivity contribution >= 4 is 21.8 Å². The lowest BCUT2D eigenvalue weighted by Crippen LogP contribution is -1.98. The second-order valence-electron chi connectivity index (χ2n) is 10.4. The van der Waals surface area contributed by atoms with E-state index in [9.17, 15) is 8.78 Å². The summed E-state index contributed by atoms with van der Waals surface area (Å²) in [5.74, 6) is -0.530. The molecule has 0 amide bonds. The van der Waals surface area contributed by atoms with Crippen LogP contribution in [0.3, 0.4) is 0 Å². The van der Waals surface area contributed by atoms with Gasteiger partial charge in [-0.15, -0.1) is 0 Å². The second-order valence-corrected chi connectivity index (χ2v) is 10.4. The van der Waals surface area contributed by atoms with E-state index in [2.05, 4.69) is 95.8 Å². The third-order valence-electron chi connectivity index (χ3n) is 7.59. The zero-order chi connectivity index (χ0) is 27.4. The van der Waals surface area contributed by atoms with Gasteiger partial charge in [0.2, 0.25) is 0 Å². The van der Waals surface area contributed by atoms with Gasteiger partial charge in [-0.25, -0.2) is 8.78 Å². The van der Waals surface area contributed by atoms with E-state index in [1.54, 1.807) is 0 Å². The van der Waals surface area contributed by atoms with Crippen LogP contribution in [-0.4, -0.2) is 9.13 Å². The van der Waals surface area contributed by atoms with Gasteiger partial charge in [-0.2, -0.15) is 0 Å². The van der Waals surface area contributed by atoms with Gasteiger partial charge < -0.3 is 9.13 Å². The Morgan fingerprint density at radius 2 is 0.775 bits per heavy atom. The maximum absolute atomic E-state index is 13.9. The molecule has 0 atom stereocenters. The molecule has 0 saturated carbocycles. The summed E-state index contributed by atoms with van der Waals surface area (Å²) in [6.45, 7) is 4.15. The highest BCUT2D eigenvalue weighted by atomic mass is 19.1. The molecule has 40 heavy (non-hydrogen) atoms. The lowest BCUT2D eigenvalue weighted by atomic mass is 10.1. The minimum atomic E-state index is -0.265. The van der Waals surface area contributed by atoms with Crippen molar-refractivity contribution in [2.45, 2.75) is 13.8 Å². The molecule has 0 aliphatic heterocycles. The molecular formula is C36H26F2N2. The van der Waals surface area contributed by atoms with Gasteiger partial charge in [0.05, 0.1) is 22.4 Å². The molecule has 2 heterocycles. The Labute approximate surface area is 231 Å². The smallest absolute Gasteiger partial charge is 0.123 e. The van der Waals surface area contributed by atoms with Crippen LogP contribution in [0.2, 0.25) is 0 Å². The van der Waals surface area contributed by atoms with E-state index in [4.69, 9.17) is 0 Å². The quantitative estimate of drug-likeness (QED) is 0.217. The Kier molecular flexibility index (Phi) is 5.64. The fraction of sp³-hybridized carbons (Fsp3) is 0.0556. The minimum absolute atomic E-state index is 0.265. The van der Waals surface area contributed by atoms with Crippen molar-refractivity contribution in [1.82, 2.24) is 9.13 Å². The van der Waals surface area contributed by atoms with Crippen LogP contribution >= 0.6 is 0 Å². The highest BCUT2D eigenvalue weighted by molar-refractivity contribution is 6.02. The van der Waals surface area contributed by atoms with Gasteiger partial charge in [-0.3, -0.25) is 0 Å². The average molecular weight is 525 g/mol. The topological polar surface area (TPSA) is 9.86 Å². The molecule has 0 fully saturated rings. The summed E-state index contributed by atoms with van der Waals surface area (Å²) in [6.07, 6.45) is 0. The first-order valence-corrected chi connectivity index (χ1v) is 13.3. The number of benzene rings is 5. The number of halogens is 2. The van der Waals surface area contributed by atoms with E-state index in [0.717, 1.165) is 55.7 Å². The number of fused-ring (bicyclic) bond motifs is 2. The van der Waals surface area contributed by atoms with E-state index in [-0.39, 0.29) is 11.6 Å². The van der Waals surface area contributed by atoms with Crippen LogP contribution in [0.1, 0.15) is 11.1 Å². The molecule has 0 unspecified atom stereocenters. The normalized spacial score (nSPS) is 11.5. The van der Waals surface area contributed by atoms with Crippen molar-refractivity contribution in [3.05, 3.63) is 144 Å². The summed E-state index contributed by atoms with van der Waals surface area (Å²) in [5, 5.41) is 2.12. The third-order valence-corrected chi connectivity index (χ3v) is 7.59. The van der Waals surface area contributed by atoms with Crippen molar-refractivity contribution in [1.29, 1.82) is 0 Å². The highest BCUT2D eigenvalue weighted by Crippen LogP contribution is 2.38. The van der Waals surface area contributed by atoms with Crippen LogP contribution in [0.5, 0.6) is 0 Å². The summed E-state index contributed by atoms with van der Waals surface area (Å²) in [4.78, 5) is 0. The molecule has 2 aromatic heterocycles. The summed E-state index contributed by atoms with van der Waals surface area (Å²) in [6, 6.07) is 39.0. The molecule has 0 spiro atoms. The molecule has 0 N–H and O–H groups in total. The number of nitrogens with zero attached hydrogens (tertiary/aromatic N) is 2. The molecule has 0 aliphatic carbocycles. The van der Waals surface area contributed by atoms with Crippen molar-refractivity contribution in [2.75, 3.05) is 0 Å². The van der Waals surface area contributed by atoms with E-state index < -0.39 is 0 Å². The van der Waals surface area contributed by atoms with Crippen LogP contribution in [0, 0.1) is 25.5 Å². The van der Waals surface area contributed by atoms with Gasteiger partial charge in [-0.1, -0.05) is 59.7 Å². The van der Waals surface area contributed by atoms with Gasteiger partial charge >= 0.3 is 0 Å². The van der Waals surface area contributed by atoms with Gasteiger partial charge in [0.1, 0.15) is 11.6 Å². The predicted molar refractivity (Wildman–Crippen MR) is 160 cm³/mol. The van der Waals surface area contributed by atoms with Crippen LogP contribution in [0.25, 0.3) is 55.7 Å². The molecular weight excluding hydrogens is 498 g/mol. The zero-order valence-electron chi connectivity index (χ0n) is 22.2. The molecule has 7 aromatic rings. The van der Waals surface area contributed by atoms with Crippen LogP contribution in [-0.2, 0) is 0 Å². The van der Waals surface area contributed by atoms with E-state index in [1.807, 2.05) is 24.3 Å². The summed E-state index contributed by atoms with van der Waals surface area (Å²) < 4.78 is 32.2. The Hall–Kier alpha value is -4.96. The maximum atomic E-state index is 13.9.